The van der Waals surface area contributed by atoms with Crippen LogP contribution in [0, 0.1) is 15.9 Å². The smallest absolute Gasteiger partial charge is 0.346 e. The van der Waals surface area contributed by atoms with Crippen molar-refractivity contribution in [3.05, 3.63) is 58.4 Å². The van der Waals surface area contributed by atoms with Crippen molar-refractivity contribution < 1.29 is 18.8 Å². The summed E-state index contributed by atoms with van der Waals surface area (Å²) in [5.74, 6) is -0.438. The van der Waals surface area contributed by atoms with E-state index in [1.165, 1.54) is 19.2 Å². The Hall–Kier alpha value is -2.63. The first-order valence-electron chi connectivity index (χ1n) is 5.37. The molecule has 2 rings (SSSR count). The Balaban J connectivity index is 2.44. The molecule has 0 radical (unpaired) electrons. The number of methoxy groups -OCH3 is 1. The third-order valence-electron chi connectivity index (χ3n) is 2.42. The van der Waals surface area contributed by atoms with E-state index in [-0.39, 0.29) is 11.5 Å². The second-order valence-electron chi connectivity index (χ2n) is 3.60. The van der Waals surface area contributed by atoms with Crippen LogP contribution < -0.4 is 9.47 Å². The minimum atomic E-state index is -0.947. The van der Waals surface area contributed by atoms with Crippen LogP contribution in [-0.2, 0) is 0 Å². The molecular weight excluding hydrogens is 253 g/mol. The summed E-state index contributed by atoms with van der Waals surface area (Å²) in [6.07, 6.45) is 0. The average Bonchev–Trinajstić information content (AvgIpc) is 2.39. The highest BCUT2D eigenvalue weighted by molar-refractivity contribution is 5.51. The van der Waals surface area contributed by atoms with Gasteiger partial charge in [-0.25, -0.2) is 0 Å². The lowest BCUT2D eigenvalue weighted by Crippen LogP contribution is -1.97. The van der Waals surface area contributed by atoms with Gasteiger partial charge in [0.2, 0.25) is 11.6 Å². The van der Waals surface area contributed by atoms with Crippen LogP contribution in [0.4, 0.5) is 10.1 Å². The van der Waals surface area contributed by atoms with E-state index < -0.39 is 16.4 Å². The third kappa shape index (κ3) is 2.62. The Morgan fingerprint density at radius 3 is 2.32 bits per heavy atom. The van der Waals surface area contributed by atoms with Crippen LogP contribution in [0.3, 0.4) is 0 Å². The summed E-state index contributed by atoms with van der Waals surface area (Å²) in [6.45, 7) is 0. The summed E-state index contributed by atoms with van der Waals surface area (Å²) >= 11 is 0. The number of halogens is 1. The van der Waals surface area contributed by atoms with Gasteiger partial charge >= 0.3 is 5.69 Å². The molecule has 5 nitrogen and oxygen atoms in total. The standard InChI is InChI=1S/C13H10FNO4/c1-18-10-6-2-3-7-11(10)19-12-8-4-5-9(14)13(12)15(16)17/h2-8H,1H3. The second-order valence-corrected chi connectivity index (χ2v) is 3.60. The fourth-order valence-corrected chi connectivity index (χ4v) is 1.58. The molecule has 0 aromatic heterocycles. The van der Waals surface area contributed by atoms with Crippen molar-refractivity contribution >= 4 is 5.69 Å². The molecule has 0 fully saturated rings. The van der Waals surface area contributed by atoms with Gasteiger partial charge in [-0.2, -0.15) is 4.39 Å². The van der Waals surface area contributed by atoms with Crippen LogP contribution in [0.5, 0.6) is 17.2 Å². The Labute approximate surface area is 108 Å². The van der Waals surface area contributed by atoms with Crippen molar-refractivity contribution in [1.29, 1.82) is 0 Å². The number of para-hydroxylation sites is 3. The van der Waals surface area contributed by atoms with Crippen LogP contribution in [0.15, 0.2) is 42.5 Å². The second kappa shape index (κ2) is 5.34. The molecule has 0 spiro atoms. The van der Waals surface area contributed by atoms with Crippen LogP contribution in [0.25, 0.3) is 0 Å². The molecule has 0 unspecified atom stereocenters. The van der Waals surface area contributed by atoms with E-state index >= 15 is 0 Å². The summed E-state index contributed by atoms with van der Waals surface area (Å²) < 4.78 is 23.9. The van der Waals surface area contributed by atoms with Crippen molar-refractivity contribution in [3.8, 4) is 17.2 Å². The molecule has 0 heterocycles. The molecule has 19 heavy (non-hydrogen) atoms. The molecule has 0 saturated carbocycles. The molecule has 0 aliphatic heterocycles. The number of nitro groups is 1. The summed E-state index contributed by atoms with van der Waals surface area (Å²) in [5.41, 5.74) is -0.701. The molecule has 6 heteroatoms. The predicted octanol–water partition coefficient (Wildman–Crippen LogP) is 3.53. The van der Waals surface area contributed by atoms with Gasteiger partial charge in [-0.1, -0.05) is 18.2 Å². The number of benzene rings is 2. The zero-order valence-corrected chi connectivity index (χ0v) is 10.00. The van der Waals surface area contributed by atoms with Crippen molar-refractivity contribution in [2.45, 2.75) is 0 Å². The van der Waals surface area contributed by atoms with E-state index in [0.29, 0.717) is 5.75 Å². The first-order valence-corrected chi connectivity index (χ1v) is 5.37. The molecule has 0 amide bonds. The van der Waals surface area contributed by atoms with E-state index in [1.807, 2.05) is 0 Å². The van der Waals surface area contributed by atoms with Crippen LogP contribution in [-0.4, -0.2) is 12.0 Å². The van der Waals surface area contributed by atoms with Gasteiger partial charge in [0.1, 0.15) is 0 Å². The lowest BCUT2D eigenvalue weighted by atomic mass is 10.2. The Morgan fingerprint density at radius 2 is 1.68 bits per heavy atom. The van der Waals surface area contributed by atoms with Crippen LogP contribution in [0.1, 0.15) is 0 Å². The first kappa shape index (κ1) is 12.8. The van der Waals surface area contributed by atoms with Crippen molar-refractivity contribution in [3.63, 3.8) is 0 Å². The largest absolute Gasteiger partial charge is 0.493 e. The maximum absolute atomic E-state index is 13.4. The molecule has 0 atom stereocenters. The van der Waals surface area contributed by atoms with E-state index in [1.54, 1.807) is 24.3 Å². The molecule has 0 aliphatic rings. The minimum absolute atomic E-state index is 0.172. The first-order chi connectivity index (χ1) is 9.13. The van der Waals surface area contributed by atoms with Gasteiger partial charge < -0.3 is 9.47 Å². The lowest BCUT2D eigenvalue weighted by molar-refractivity contribution is -0.388. The highest BCUT2D eigenvalue weighted by atomic mass is 19.1. The monoisotopic (exact) mass is 263 g/mol. The van der Waals surface area contributed by atoms with Gasteiger partial charge in [0.15, 0.2) is 11.5 Å². The van der Waals surface area contributed by atoms with Crippen LogP contribution >= 0.6 is 0 Å². The summed E-state index contributed by atoms with van der Waals surface area (Å²) in [7, 11) is 1.45. The minimum Gasteiger partial charge on any atom is -0.493 e. The fourth-order valence-electron chi connectivity index (χ4n) is 1.58. The Kier molecular flexibility index (Phi) is 3.61. The van der Waals surface area contributed by atoms with Gasteiger partial charge in [0.25, 0.3) is 0 Å². The normalized spacial score (nSPS) is 10.0. The molecule has 0 bridgehead atoms. The molecular formula is C13H10FNO4. The van der Waals surface area contributed by atoms with E-state index in [9.17, 15) is 14.5 Å². The van der Waals surface area contributed by atoms with Crippen molar-refractivity contribution in [2.24, 2.45) is 0 Å². The maximum atomic E-state index is 13.4. The summed E-state index contributed by atoms with van der Waals surface area (Å²) in [4.78, 5) is 10.0. The molecule has 2 aromatic rings. The van der Waals surface area contributed by atoms with E-state index in [2.05, 4.69) is 0 Å². The molecule has 0 saturated heterocycles. The van der Waals surface area contributed by atoms with E-state index in [0.717, 1.165) is 6.07 Å². The predicted molar refractivity (Wildman–Crippen MR) is 66.1 cm³/mol. The number of nitro benzene ring substituents is 1. The van der Waals surface area contributed by atoms with Crippen molar-refractivity contribution in [2.75, 3.05) is 7.11 Å². The molecule has 2 aromatic carbocycles. The zero-order valence-electron chi connectivity index (χ0n) is 10.00. The molecule has 98 valence electrons. The third-order valence-corrected chi connectivity index (χ3v) is 2.42. The zero-order chi connectivity index (χ0) is 13.8. The maximum Gasteiger partial charge on any atom is 0.346 e. The number of nitrogens with zero attached hydrogens (tertiary/aromatic N) is 1. The SMILES string of the molecule is COc1ccccc1Oc1cccc(F)c1[N+](=O)[O-]. The van der Waals surface area contributed by atoms with Gasteiger partial charge in [-0.05, 0) is 24.3 Å². The topological polar surface area (TPSA) is 61.6 Å². The highest BCUT2D eigenvalue weighted by Gasteiger charge is 2.22. The number of hydrogen-bond donors (Lipinski definition) is 0. The molecule has 0 N–H and O–H groups in total. The van der Waals surface area contributed by atoms with Gasteiger partial charge in [-0.3, -0.25) is 10.1 Å². The van der Waals surface area contributed by atoms with Crippen molar-refractivity contribution in [1.82, 2.24) is 0 Å². The Morgan fingerprint density at radius 1 is 1.05 bits per heavy atom. The highest BCUT2D eigenvalue weighted by Crippen LogP contribution is 2.36. The number of ether oxygens (including phenoxy) is 2. The average molecular weight is 263 g/mol. The van der Waals surface area contributed by atoms with Gasteiger partial charge in [0, 0.05) is 0 Å². The lowest BCUT2D eigenvalue weighted by Gasteiger charge is -2.10. The van der Waals surface area contributed by atoms with Crippen LogP contribution in [0.2, 0.25) is 0 Å². The summed E-state index contributed by atoms with van der Waals surface area (Å²) in [5, 5.41) is 10.8. The number of rotatable bonds is 4. The quantitative estimate of drug-likeness (QED) is 0.625. The van der Waals surface area contributed by atoms with Gasteiger partial charge in [-0.15, -0.1) is 0 Å². The van der Waals surface area contributed by atoms with Gasteiger partial charge in [0.05, 0.1) is 12.0 Å². The Bertz CT molecular complexity index is 615. The van der Waals surface area contributed by atoms with E-state index in [4.69, 9.17) is 9.47 Å². The molecule has 0 aliphatic carbocycles. The fraction of sp³-hybridized carbons (Fsp3) is 0.0769. The number of hydrogen-bond acceptors (Lipinski definition) is 4. The summed E-state index contributed by atoms with van der Waals surface area (Å²) in [6, 6.07) is 10.3.